The van der Waals surface area contributed by atoms with Crippen LogP contribution in [0.15, 0.2) is 35.4 Å². The molecule has 1 saturated carbocycles. The van der Waals surface area contributed by atoms with Crippen LogP contribution >= 0.6 is 0 Å². The SMILES string of the molecule is CCS(=O)(=O)c1ccccc1N1CCC(NC(=O)C2CC(O)CN2C(=O)[C@@H](n2cc(C3CC3)nn2)C(C)(C)C)CC1. The van der Waals surface area contributed by atoms with Crippen molar-refractivity contribution < 1.29 is 23.1 Å². The first-order valence-corrected chi connectivity index (χ1v) is 16.3. The highest BCUT2D eigenvalue weighted by molar-refractivity contribution is 7.91. The summed E-state index contributed by atoms with van der Waals surface area (Å²) >= 11 is 0. The lowest BCUT2D eigenvalue weighted by molar-refractivity contribution is -0.144. The van der Waals surface area contributed by atoms with E-state index in [-0.39, 0.29) is 36.6 Å². The number of likely N-dealkylation sites (tertiary alicyclic amines) is 1. The number of sulfone groups is 1. The maximum atomic E-state index is 14.0. The van der Waals surface area contributed by atoms with E-state index in [1.807, 2.05) is 39.1 Å². The van der Waals surface area contributed by atoms with Crippen LogP contribution in [0.4, 0.5) is 5.69 Å². The fraction of sp³-hybridized carbons (Fsp3) is 0.655. The number of β-amino-alcohol motifs (C(OH)–C–C–N with tert-alkyl or cyclic N) is 1. The molecule has 0 spiro atoms. The standard InChI is InChI=1S/C29H42N6O5S/c1-5-41(39,40)25-9-7-6-8-23(25)33-14-12-20(13-15-33)30-27(37)24-16-21(36)17-34(24)28(38)26(29(2,3)4)35-18-22(31-32-35)19-10-11-19/h6-9,18-21,24,26,36H,5,10-17H2,1-4H3,(H,30,37)/t21?,24?,26-/m1/s1. The van der Waals surface area contributed by atoms with Gasteiger partial charge < -0.3 is 20.2 Å². The monoisotopic (exact) mass is 586 g/mol. The summed E-state index contributed by atoms with van der Waals surface area (Å²) in [6.45, 7) is 8.82. The van der Waals surface area contributed by atoms with Crippen molar-refractivity contribution >= 4 is 27.3 Å². The van der Waals surface area contributed by atoms with E-state index in [0.29, 0.717) is 42.4 Å². The van der Waals surface area contributed by atoms with Crippen LogP contribution in [-0.2, 0) is 19.4 Å². The van der Waals surface area contributed by atoms with Gasteiger partial charge >= 0.3 is 0 Å². The van der Waals surface area contributed by atoms with Gasteiger partial charge in [-0.3, -0.25) is 9.59 Å². The maximum absolute atomic E-state index is 14.0. The number of rotatable bonds is 8. The number of hydrogen-bond donors (Lipinski definition) is 2. The number of benzene rings is 1. The van der Waals surface area contributed by atoms with Gasteiger partial charge in [-0.05, 0) is 43.2 Å². The van der Waals surface area contributed by atoms with Crippen molar-refractivity contribution in [3.8, 4) is 0 Å². The highest BCUT2D eigenvalue weighted by Gasteiger charge is 2.46. The second-order valence-electron chi connectivity index (χ2n) is 12.7. The molecule has 3 atom stereocenters. The Kier molecular flexibility index (Phi) is 8.17. The number of anilines is 1. The molecule has 1 aromatic heterocycles. The average Bonchev–Trinajstić information content (AvgIpc) is 3.54. The normalized spacial score (nSPS) is 23.0. The van der Waals surface area contributed by atoms with Gasteiger partial charge in [0.1, 0.15) is 12.1 Å². The molecule has 0 bridgehead atoms. The van der Waals surface area contributed by atoms with Gasteiger partial charge in [0.15, 0.2) is 9.84 Å². The highest BCUT2D eigenvalue weighted by Crippen LogP contribution is 2.40. The molecule has 2 aliphatic heterocycles. The van der Waals surface area contributed by atoms with Crippen molar-refractivity contribution in [1.29, 1.82) is 0 Å². The Morgan fingerprint density at radius 3 is 2.44 bits per heavy atom. The smallest absolute Gasteiger partial charge is 0.248 e. The quantitative estimate of drug-likeness (QED) is 0.481. The molecule has 5 rings (SSSR count). The van der Waals surface area contributed by atoms with Crippen molar-refractivity contribution in [3.63, 3.8) is 0 Å². The molecule has 41 heavy (non-hydrogen) atoms. The number of para-hydroxylation sites is 1. The molecule has 1 aromatic carbocycles. The first-order chi connectivity index (χ1) is 19.4. The molecule has 0 radical (unpaired) electrons. The van der Waals surface area contributed by atoms with Crippen LogP contribution in [0, 0.1) is 5.41 Å². The summed E-state index contributed by atoms with van der Waals surface area (Å²) in [5.41, 5.74) is 1.10. The van der Waals surface area contributed by atoms with E-state index >= 15 is 0 Å². The molecule has 2 saturated heterocycles. The average molecular weight is 587 g/mol. The lowest BCUT2D eigenvalue weighted by Gasteiger charge is -2.37. The Bertz CT molecular complexity index is 1370. The van der Waals surface area contributed by atoms with Crippen molar-refractivity contribution in [2.24, 2.45) is 5.41 Å². The molecule has 3 heterocycles. The number of piperidine rings is 1. The fourth-order valence-electron chi connectivity index (χ4n) is 6.03. The predicted octanol–water partition coefficient (Wildman–Crippen LogP) is 2.28. The van der Waals surface area contributed by atoms with E-state index in [4.69, 9.17) is 0 Å². The topological polar surface area (TPSA) is 138 Å². The van der Waals surface area contributed by atoms with Gasteiger partial charge in [-0.1, -0.05) is 45.0 Å². The van der Waals surface area contributed by atoms with Crippen LogP contribution in [0.3, 0.4) is 0 Å². The zero-order valence-electron chi connectivity index (χ0n) is 24.4. The molecule has 1 aliphatic carbocycles. The van der Waals surface area contributed by atoms with Crippen molar-refractivity contribution in [3.05, 3.63) is 36.2 Å². The third-order valence-electron chi connectivity index (χ3n) is 8.47. The number of amides is 2. The molecule has 12 heteroatoms. The summed E-state index contributed by atoms with van der Waals surface area (Å²) in [5.74, 6) is -0.0759. The molecule has 224 valence electrons. The van der Waals surface area contributed by atoms with Crippen molar-refractivity contribution in [2.45, 2.75) is 94.8 Å². The van der Waals surface area contributed by atoms with Crippen LogP contribution in [0.25, 0.3) is 0 Å². The van der Waals surface area contributed by atoms with Crippen LogP contribution < -0.4 is 10.2 Å². The van der Waals surface area contributed by atoms with E-state index in [0.717, 1.165) is 18.5 Å². The first-order valence-electron chi connectivity index (χ1n) is 14.7. The van der Waals surface area contributed by atoms with Gasteiger partial charge in [0.05, 0.1) is 28.1 Å². The van der Waals surface area contributed by atoms with Crippen molar-refractivity contribution in [1.82, 2.24) is 25.2 Å². The zero-order valence-corrected chi connectivity index (χ0v) is 25.2. The Morgan fingerprint density at radius 2 is 1.80 bits per heavy atom. The number of hydrogen-bond acceptors (Lipinski definition) is 8. The van der Waals surface area contributed by atoms with Gasteiger partial charge in [0.2, 0.25) is 11.8 Å². The molecule has 2 aromatic rings. The molecule has 3 aliphatic rings. The van der Waals surface area contributed by atoms with Crippen LogP contribution in [0.1, 0.15) is 77.5 Å². The predicted molar refractivity (Wildman–Crippen MR) is 154 cm³/mol. The largest absolute Gasteiger partial charge is 0.391 e. The molecule has 2 amide bonds. The molecular weight excluding hydrogens is 544 g/mol. The Labute approximate surface area is 242 Å². The first kappa shape index (κ1) is 29.5. The molecular formula is C29H42N6O5S. The van der Waals surface area contributed by atoms with E-state index in [2.05, 4.69) is 20.5 Å². The van der Waals surface area contributed by atoms with Crippen LogP contribution in [-0.4, -0.2) is 88.8 Å². The summed E-state index contributed by atoms with van der Waals surface area (Å²) < 4.78 is 26.9. The molecule has 2 unspecified atom stereocenters. The molecule has 2 N–H and O–H groups in total. The van der Waals surface area contributed by atoms with Crippen molar-refractivity contribution in [2.75, 3.05) is 30.3 Å². The van der Waals surface area contributed by atoms with Gasteiger partial charge in [-0.2, -0.15) is 0 Å². The second-order valence-corrected chi connectivity index (χ2v) is 14.9. The number of nitrogens with zero attached hydrogens (tertiary/aromatic N) is 5. The number of carbonyl (C=O) groups is 2. The van der Waals surface area contributed by atoms with Gasteiger partial charge in [-0.15, -0.1) is 5.10 Å². The minimum absolute atomic E-state index is 0.0354. The number of aliphatic hydroxyl groups is 1. The fourth-order valence-corrected chi connectivity index (χ4v) is 7.14. The summed E-state index contributed by atoms with van der Waals surface area (Å²) in [5, 5.41) is 22.2. The third kappa shape index (κ3) is 6.28. The minimum atomic E-state index is -3.36. The maximum Gasteiger partial charge on any atom is 0.248 e. The molecule has 3 fully saturated rings. The van der Waals surface area contributed by atoms with Crippen LogP contribution in [0.2, 0.25) is 0 Å². The Hall–Kier alpha value is -2.99. The number of aromatic nitrogens is 3. The zero-order chi connectivity index (χ0) is 29.5. The summed E-state index contributed by atoms with van der Waals surface area (Å²) in [4.78, 5) is 31.4. The van der Waals surface area contributed by atoms with E-state index < -0.39 is 33.4 Å². The minimum Gasteiger partial charge on any atom is -0.391 e. The Balaban J connectivity index is 1.25. The summed E-state index contributed by atoms with van der Waals surface area (Å²) in [6, 6.07) is 5.51. The van der Waals surface area contributed by atoms with E-state index in [1.165, 1.54) is 4.90 Å². The highest BCUT2D eigenvalue weighted by atomic mass is 32.2. The third-order valence-corrected chi connectivity index (χ3v) is 10.2. The lowest BCUT2D eigenvalue weighted by atomic mass is 9.85. The van der Waals surface area contributed by atoms with Gasteiger partial charge in [0, 0.05) is 44.2 Å². The molecule has 11 nitrogen and oxygen atoms in total. The van der Waals surface area contributed by atoms with Gasteiger partial charge in [-0.25, -0.2) is 13.1 Å². The number of nitrogens with one attached hydrogen (secondary N) is 1. The van der Waals surface area contributed by atoms with Crippen LogP contribution in [0.5, 0.6) is 0 Å². The summed E-state index contributed by atoms with van der Waals surface area (Å²) in [6.07, 6.45) is 4.69. The van der Waals surface area contributed by atoms with Gasteiger partial charge in [0.25, 0.3) is 0 Å². The van der Waals surface area contributed by atoms with E-state index in [1.54, 1.807) is 23.7 Å². The number of carbonyl (C=O) groups excluding carboxylic acids is 2. The summed E-state index contributed by atoms with van der Waals surface area (Å²) in [7, 11) is -3.36. The van der Waals surface area contributed by atoms with E-state index in [9.17, 15) is 23.1 Å². The lowest BCUT2D eigenvalue weighted by Crippen LogP contribution is -2.53. The number of aliphatic hydroxyl groups excluding tert-OH is 1. The second kappa shape index (κ2) is 11.4. The Morgan fingerprint density at radius 1 is 1.12 bits per heavy atom.